The van der Waals surface area contributed by atoms with E-state index in [4.69, 9.17) is 4.74 Å². The summed E-state index contributed by atoms with van der Waals surface area (Å²) >= 11 is 1.81. The highest BCUT2D eigenvalue weighted by atomic mass is 32.2. The summed E-state index contributed by atoms with van der Waals surface area (Å²) in [6, 6.07) is 9.00. The van der Waals surface area contributed by atoms with Crippen molar-refractivity contribution < 1.29 is 4.74 Å². The zero-order valence-electron chi connectivity index (χ0n) is 12.1. The van der Waals surface area contributed by atoms with Gasteiger partial charge in [-0.25, -0.2) is 0 Å². The summed E-state index contributed by atoms with van der Waals surface area (Å²) in [6.07, 6.45) is 4.25. The molecular formula is C15H25NOS. The van der Waals surface area contributed by atoms with Gasteiger partial charge in [-0.05, 0) is 51.6 Å². The molecule has 0 aliphatic heterocycles. The van der Waals surface area contributed by atoms with Crippen LogP contribution in [0.2, 0.25) is 0 Å². The molecule has 0 spiro atoms. The highest BCUT2D eigenvalue weighted by Gasteiger charge is 2.20. The van der Waals surface area contributed by atoms with Crippen molar-refractivity contribution in [1.29, 1.82) is 0 Å². The Morgan fingerprint density at radius 1 is 1.33 bits per heavy atom. The van der Waals surface area contributed by atoms with E-state index in [0.717, 1.165) is 12.8 Å². The highest BCUT2D eigenvalue weighted by Crippen LogP contribution is 2.30. The second kappa shape index (κ2) is 7.17. The second-order valence-electron chi connectivity index (χ2n) is 5.09. The van der Waals surface area contributed by atoms with Gasteiger partial charge in [0.05, 0.1) is 5.60 Å². The highest BCUT2D eigenvalue weighted by molar-refractivity contribution is 7.98. The van der Waals surface area contributed by atoms with Gasteiger partial charge in [0.1, 0.15) is 0 Å². The van der Waals surface area contributed by atoms with Gasteiger partial charge in [0.25, 0.3) is 0 Å². The quantitative estimate of drug-likeness (QED) is 0.758. The fourth-order valence-electron chi connectivity index (χ4n) is 2.00. The Labute approximate surface area is 116 Å². The predicted octanol–water partition coefficient (Wildman–Crippen LogP) is 3.87. The van der Waals surface area contributed by atoms with E-state index in [0.29, 0.717) is 6.04 Å². The maximum atomic E-state index is 5.49. The SMILES string of the molecule is CNC(CCC(C)(C)OC)c1ccccc1SC. The number of thioether (sulfide) groups is 1. The van der Waals surface area contributed by atoms with Gasteiger partial charge in [-0.1, -0.05) is 18.2 Å². The van der Waals surface area contributed by atoms with Crippen molar-refractivity contribution in [2.45, 2.75) is 43.2 Å². The molecule has 0 saturated heterocycles. The Morgan fingerprint density at radius 3 is 2.56 bits per heavy atom. The van der Waals surface area contributed by atoms with Crippen molar-refractivity contribution in [3.63, 3.8) is 0 Å². The number of ether oxygens (including phenoxy) is 1. The summed E-state index contributed by atoms with van der Waals surface area (Å²) in [4.78, 5) is 1.35. The van der Waals surface area contributed by atoms with Gasteiger partial charge in [0.15, 0.2) is 0 Å². The average molecular weight is 267 g/mol. The molecule has 0 heterocycles. The van der Waals surface area contributed by atoms with Gasteiger partial charge >= 0.3 is 0 Å². The fourth-order valence-corrected chi connectivity index (χ4v) is 2.66. The molecule has 0 aliphatic carbocycles. The van der Waals surface area contributed by atoms with Crippen LogP contribution < -0.4 is 5.32 Å². The van der Waals surface area contributed by atoms with E-state index in [1.165, 1.54) is 10.5 Å². The molecule has 0 saturated carbocycles. The van der Waals surface area contributed by atoms with Crippen molar-refractivity contribution in [3.8, 4) is 0 Å². The standard InChI is InChI=1S/C15H25NOS/c1-15(2,17-4)11-10-13(16-3)12-8-6-7-9-14(12)18-5/h6-9,13,16H,10-11H2,1-5H3. The third-order valence-corrected chi connectivity index (χ3v) is 4.26. The minimum atomic E-state index is -0.0522. The van der Waals surface area contributed by atoms with Crippen LogP contribution in [0, 0.1) is 0 Å². The zero-order chi connectivity index (χ0) is 13.6. The maximum absolute atomic E-state index is 5.49. The number of rotatable bonds is 7. The van der Waals surface area contributed by atoms with Crippen LogP contribution in [0.4, 0.5) is 0 Å². The molecule has 0 fully saturated rings. The first-order chi connectivity index (χ1) is 8.54. The lowest BCUT2D eigenvalue weighted by atomic mass is 9.95. The van der Waals surface area contributed by atoms with Crippen LogP contribution in [0.3, 0.4) is 0 Å². The summed E-state index contributed by atoms with van der Waals surface area (Å²) in [6.45, 7) is 4.28. The minimum absolute atomic E-state index is 0.0522. The van der Waals surface area contributed by atoms with E-state index in [9.17, 15) is 0 Å². The molecule has 0 radical (unpaired) electrons. The lowest BCUT2D eigenvalue weighted by Gasteiger charge is -2.26. The number of benzene rings is 1. The van der Waals surface area contributed by atoms with Crippen molar-refractivity contribution in [2.75, 3.05) is 20.4 Å². The summed E-state index contributed by atoms with van der Waals surface area (Å²) in [5, 5.41) is 3.42. The van der Waals surface area contributed by atoms with E-state index in [2.05, 4.69) is 49.7 Å². The summed E-state index contributed by atoms with van der Waals surface area (Å²) in [5.74, 6) is 0. The first-order valence-corrected chi connectivity index (χ1v) is 7.62. The smallest absolute Gasteiger partial charge is 0.0623 e. The molecule has 0 bridgehead atoms. The number of nitrogens with one attached hydrogen (secondary N) is 1. The summed E-state index contributed by atoms with van der Waals surface area (Å²) in [5.41, 5.74) is 1.34. The Morgan fingerprint density at radius 2 is 2.00 bits per heavy atom. The average Bonchev–Trinajstić information content (AvgIpc) is 2.40. The number of methoxy groups -OCH3 is 1. The Balaban J connectivity index is 2.77. The van der Waals surface area contributed by atoms with Crippen LogP contribution in [0.25, 0.3) is 0 Å². The van der Waals surface area contributed by atoms with Crippen LogP contribution in [0.1, 0.15) is 38.3 Å². The fraction of sp³-hybridized carbons (Fsp3) is 0.600. The molecule has 1 unspecified atom stereocenters. The van der Waals surface area contributed by atoms with E-state index in [1.807, 2.05) is 7.05 Å². The summed E-state index contributed by atoms with van der Waals surface area (Å²) < 4.78 is 5.49. The lowest BCUT2D eigenvalue weighted by molar-refractivity contribution is 0.0118. The second-order valence-corrected chi connectivity index (χ2v) is 5.93. The lowest BCUT2D eigenvalue weighted by Crippen LogP contribution is -2.26. The van der Waals surface area contributed by atoms with Crippen molar-refractivity contribution >= 4 is 11.8 Å². The maximum Gasteiger partial charge on any atom is 0.0623 e. The molecule has 0 amide bonds. The van der Waals surface area contributed by atoms with Crippen LogP contribution in [-0.2, 0) is 4.74 Å². The van der Waals surface area contributed by atoms with E-state index in [-0.39, 0.29) is 5.60 Å². The van der Waals surface area contributed by atoms with E-state index in [1.54, 1.807) is 18.9 Å². The molecule has 1 aromatic rings. The number of hydrogen-bond donors (Lipinski definition) is 1. The molecular weight excluding hydrogens is 242 g/mol. The molecule has 102 valence electrons. The third kappa shape index (κ3) is 4.30. The molecule has 1 N–H and O–H groups in total. The van der Waals surface area contributed by atoms with Gasteiger partial charge in [-0.15, -0.1) is 11.8 Å². The molecule has 1 atom stereocenters. The third-order valence-electron chi connectivity index (χ3n) is 3.45. The van der Waals surface area contributed by atoms with E-state index >= 15 is 0 Å². The van der Waals surface area contributed by atoms with Gasteiger partial charge in [0.2, 0.25) is 0 Å². The number of hydrogen-bond acceptors (Lipinski definition) is 3. The van der Waals surface area contributed by atoms with Gasteiger partial charge in [-0.2, -0.15) is 0 Å². The van der Waals surface area contributed by atoms with Gasteiger partial charge < -0.3 is 10.1 Å². The Bertz CT molecular complexity index is 365. The normalized spacial score (nSPS) is 13.6. The summed E-state index contributed by atoms with van der Waals surface area (Å²) in [7, 11) is 3.81. The first-order valence-electron chi connectivity index (χ1n) is 6.39. The van der Waals surface area contributed by atoms with Crippen molar-refractivity contribution in [2.24, 2.45) is 0 Å². The molecule has 1 aromatic carbocycles. The van der Waals surface area contributed by atoms with Gasteiger partial charge in [0, 0.05) is 18.0 Å². The molecule has 2 nitrogen and oxygen atoms in total. The molecule has 18 heavy (non-hydrogen) atoms. The van der Waals surface area contributed by atoms with Crippen LogP contribution in [0.5, 0.6) is 0 Å². The largest absolute Gasteiger partial charge is 0.379 e. The Kier molecular flexibility index (Phi) is 6.19. The molecule has 1 rings (SSSR count). The van der Waals surface area contributed by atoms with Gasteiger partial charge in [-0.3, -0.25) is 0 Å². The Hall–Kier alpha value is -0.510. The minimum Gasteiger partial charge on any atom is -0.379 e. The first kappa shape index (κ1) is 15.5. The van der Waals surface area contributed by atoms with Crippen molar-refractivity contribution in [1.82, 2.24) is 5.32 Å². The van der Waals surface area contributed by atoms with Crippen LogP contribution in [-0.4, -0.2) is 26.0 Å². The van der Waals surface area contributed by atoms with Crippen LogP contribution >= 0.6 is 11.8 Å². The van der Waals surface area contributed by atoms with E-state index < -0.39 is 0 Å². The van der Waals surface area contributed by atoms with Crippen LogP contribution in [0.15, 0.2) is 29.2 Å². The molecule has 0 aliphatic rings. The topological polar surface area (TPSA) is 21.3 Å². The molecule has 3 heteroatoms. The molecule has 0 aromatic heterocycles. The monoisotopic (exact) mass is 267 g/mol. The predicted molar refractivity (Wildman–Crippen MR) is 80.3 cm³/mol. The van der Waals surface area contributed by atoms with Crippen molar-refractivity contribution in [3.05, 3.63) is 29.8 Å². The zero-order valence-corrected chi connectivity index (χ0v) is 12.9.